The molecule has 0 saturated carbocycles. The third-order valence-electron chi connectivity index (χ3n) is 2.10. The molecule has 0 aromatic rings. The SMILES string of the molecule is CCNCCCCC(C)CNC. The Hall–Kier alpha value is -0.0800. The van der Waals surface area contributed by atoms with Crippen LogP contribution >= 0.6 is 0 Å². The smallest absolute Gasteiger partial charge is 0.00262 e. The predicted molar refractivity (Wildman–Crippen MR) is 55.5 cm³/mol. The van der Waals surface area contributed by atoms with Gasteiger partial charge in [0.25, 0.3) is 0 Å². The standard InChI is InChI=1S/C10H24N2/c1-4-12-8-6-5-7-10(2)9-11-3/h10-12H,4-9H2,1-3H3. The summed E-state index contributed by atoms with van der Waals surface area (Å²) in [6.45, 7) is 7.91. The minimum atomic E-state index is 0.830. The zero-order valence-corrected chi connectivity index (χ0v) is 8.82. The molecule has 0 aliphatic rings. The normalized spacial score (nSPS) is 13.2. The Balaban J connectivity index is 2.97. The van der Waals surface area contributed by atoms with E-state index in [2.05, 4.69) is 24.5 Å². The van der Waals surface area contributed by atoms with Crippen molar-refractivity contribution in [2.45, 2.75) is 33.1 Å². The van der Waals surface area contributed by atoms with Crippen LogP contribution in [-0.2, 0) is 0 Å². The van der Waals surface area contributed by atoms with E-state index in [1.165, 1.54) is 25.8 Å². The Morgan fingerprint density at radius 1 is 1.25 bits per heavy atom. The topological polar surface area (TPSA) is 24.1 Å². The molecule has 2 heteroatoms. The molecule has 2 nitrogen and oxygen atoms in total. The van der Waals surface area contributed by atoms with Gasteiger partial charge in [0.15, 0.2) is 0 Å². The van der Waals surface area contributed by atoms with Crippen molar-refractivity contribution in [1.29, 1.82) is 0 Å². The van der Waals surface area contributed by atoms with Crippen LogP contribution in [0.1, 0.15) is 33.1 Å². The Morgan fingerprint density at radius 3 is 2.58 bits per heavy atom. The van der Waals surface area contributed by atoms with Crippen LogP contribution in [0.5, 0.6) is 0 Å². The van der Waals surface area contributed by atoms with Crippen molar-refractivity contribution in [1.82, 2.24) is 10.6 Å². The van der Waals surface area contributed by atoms with Gasteiger partial charge in [0, 0.05) is 0 Å². The molecule has 1 unspecified atom stereocenters. The third-order valence-corrected chi connectivity index (χ3v) is 2.10. The van der Waals surface area contributed by atoms with Crippen LogP contribution in [0.3, 0.4) is 0 Å². The average Bonchev–Trinajstić information content (AvgIpc) is 2.05. The number of hydrogen-bond donors (Lipinski definition) is 2. The first-order valence-corrected chi connectivity index (χ1v) is 5.16. The molecule has 0 amide bonds. The monoisotopic (exact) mass is 172 g/mol. The maximum atomic E-state index is 3.34. The van der Waals surface area contributed by atoms with E-state index in [0.29, 0.717) is 0 Å². The number of unbranched alkanes of at least 4 members (excludes halogenated alkanes) is 1. The third kappa shape index (κ3) is 8.02. The maximum absolute atomic E-state index is 3.34. The first-order valence-electron chi connectivity index (χ1n) is 5.16. The van der Waals surface area contributed by atoms with E-state index in [1.807, 2.05) is 7.05 Å². The summed E-state index contributed by atoms with van der Waals surface area (Å²) in [5.74, 6) is 0.830. The highest BCUT2D eigenvalue weighted by molar-refractivity contribution is 4.55. The minimum Gasteiger partial charge on any atom is -0.319 e. The molecule has 0 radical (unpaired) electrons. The summed E-state index contributed by atoms with van der Waals surface area (Å²) in [5, 5.41) is 6.54. The lowest BCUT2D eigenvalue weighted by molar-refractivity contribution is 0.471. The van der Waals surface area contributed by atoms with Crippen LogP contribution in [0, 0.1) is 5.92 Å². The second kappa shape index (κ2) is 9.01. The zero-order valence-electron chi connectivity index (χ0n) is 8.82. The number of hydrogen-bond acceptors (Lipinski definition) is 2. The molecule has 0 rings (SSSR count). The maximum Gasteiger partial charge on any atom is -0.00262 e. The van der Waals surface area contributed by atoms with E-state index in [9.17, 15) is 0 Å². The molecule has 0 bridgehead atoms. The molecule has 74 valence electrons. The fraction of sp³-hybridized carbons (Fsp3) is 1.00. The fourth-order valence-electron chi connectivity index (χ4n) is 1.37. The van der Waals surface area contributed by atoms with E-state index in [4.69, 9.17) is 0 Å². The van der Waals surface area contributed by atoms with Crippen LogP contribution in [0.15, 0.2) is 0 Å². The van der Waals surface area contributed by atoms with Crippen molar-refractivity contribution < 1.29 is 0 Å². The molecule has 0 aliphatic carbocycles. The van der Waals surface area contributed by atoms with E-state index >= 15 is 0 Å². The van der Waals surface area contributed by atoms with Crippen LogP contribution in [0.25, 0.3) is 0 Å². The summed E-state index contributed by atoms with van der Waals surface area (Å²) in [7, 11) is 2.02. The summed E-state index contributed by atoms with van der Waals surface area (Å²) in [6.07, 6.45) is 4.03. The van der Waals surface area contributed by atoms with Crippen molar-refractivity contribution in [3.8, 4) is 0 Å². The van der Waals surface area contributed by atoms with Gasteiger partial charge < -0.3 is 10.6 Å². The first-order chi connectivity index (χ1) is 5.81. The van der Waals surface area contributed by atoms with Gasteiger partial charge >= 0.3 is 0 Å². The molecule has 0 aromatic carbocycles. The van der Waals surface area contributed by atoms with Crippen molar-refractivity contribution in [2.24, 2.45) is 5.92 Å². The Morgan fingerprint density at radius 2 is 2.00 bits per heavy atom. The molecular weight excluding hydrogens is 148 g/mol. The summed E-state index contributed by atoms with van der Waals surface area (Å²) >= 11 is 0. The summed E-state index contributed by atoms with van der Waals surface area (Å²) in [5.41, 5.74) is 0. The first kappa shape index (κ1) is 11.9. The van der Waals surface area contributed by atoms with Crippen LogP contribution in [-0.4, -0.2) is 26.7 Å². The van der Waals surface area contributed by atoms with Gasteiger partial charge in [0.05, 0.1) is 0 Å². The van der Waals surface area contributed by atoms with E-state index in [-0.39, 0.29) is 0 Å². The highest BCUT2D eigenvalue weighted by Gasteiger charge is 1.98. The molecule has 0 heterocycles. The predicted octanol–water partition coefficient (Wildman–Crippen LogP) is 1.62. The molecule has 1 atom stereocenters. The number of rotatable bonds is 8. The van der Waals surface area contributed by atoms with Gasteiger partial charge in [0.1, 0.15) is 0 Å². The Labute approximate surface area is 77.1 Å². The minimum absolute atomic E-state index is 0.830. The van der Waals surface area contributed by atoms with Crippen LogP contribution in [0.4, 0.5) is 0 Å². The van der Waals surface area contributed by atoms with Gasteiger partial charge in [-0.15, -0.1) is 0 Å². The van der Waals surface area contributed by atoms with Gasteiger partial charge in [-0.25, -0.2) is 0 Å². The lowest BCUT2D eigenvalue weighted by Gasteiger charge is -2.09. The average molecular weight is 172 g/mol. The zero-order chi connectivity index (χ0) is 9.23. The van der Waals surface area contributed by atoms with Crippen LogP contribution in [0.2, 0.25) is 0 Å². The van der Waals surface area contributed by atoms with Gasteiger partial charge in [0.2, 0.25) is 0 Å². The van der Waals surface area contributed by atoms with Crippen molar-refractivity contribution in [3.63, 3.8) is 0 Å². The van der Waals surface area contributed by atoms with Gasteiger partial charge in [-0.2, -0.15) is 0 Å². The second-order valence-electron chi connectivity index (χ2n) is 3.51. The van der Waals surface area contributed by atoms with Crippen LogP contribution < -0.4 is 10.6 Å². The second-order valence-corrected chi connectivity index (χ2v) is 3.51. The van der Waals surface area contributed by atoms with Gasteiger partial charge in [-0.05, 0) is 45.4 Å². The Bertz CT molecular complexity index is 83.9. The molecule has 12 heavy (non-hydrogen) atoms. The van der Waals surface area contributed by atoms with Crippen molar-refractivity contribution in [3.05, 3.63) is 0 Å². The molecule has 0 aliphatic heterocycles. The summed E-state index contributed by atoms with van der Waals surface area (Å²) in [6, 6.07) is 0. The van der Waals surface area contributed by atoms with Crippen molar-refractivity contribution >= 4 is 0 Å². The molecule has 0 fully saturated rings. The number of nitrogens with one attached hydrogen (secondary N) is 2. The molecule has 2 N–H and O–H groups in total. The highest BCUT2D eigenvalue weighted by Crippen LogP contribution is 2.05. The fourth-order valence-corrected chi connectivity index (χ4v) is 1.37. The lowest BCUT2D eigenvalue weighted by atomic mass is 10.0. The van der Waals surface area contributed by atoms with E-state index in [1.54, 1.807) is 0 Å². The van der Waals surface area contributed by atoms with E-state index < -0.39 is 0 Å². The molecule has 0 aromatic heterocycles. The molecular formula is C10H24N2. The van der Waals surface area contributed by atoms with Gasteiger partial charge in [-0.3, -0.25) is 0 Å². The van der Waals surface area contributed by atoms with Crippen molar-refractivity contribution in [2.75, 3.05) is 26.7 Å². The quantitative estimate of drug-likeness (QED) is 0.544. The largest absolute Gasteiger partial charge is 0.319 e. The van der Waals surface area contributed by atoms with E-state index in [0.717, 1.165) is 19.0 Å². The molecule has 0 saturated heterocycles. The molecule has 0 spiro atoms. The Kier molecular flexibility index (Phi) is 8.95. The summed E-state index contributed by atoms with van der Waals surface area (Å²) < 4.78 is 0. The lowest BCUT2D eigenvalue weighted by Crippen LogP contribution is -2.17. The highest BCUT2D eigenvalue weighted by atomic mass is 14.8. The van der Waals surface area contributed by atoms with Gasteiger partial charge in [-0.1, -0.05) is 20.3 Å². The summed E-state index contributed by atoms with van der Waals surface area (Å²) in [4.78, 5) is 0.